The molecule has 0 aliphatic carbocycles. The Kier molecular flexibility index (Phi) is 7.01. The predicted octanol–water partition coefficient (Wildman–Crippen LogP) is 2.42. The molecule has 1 fully saturated rings. The third-order valence-corrected chi connectivity index (χ3v) is 7.14. The average molecular weight is 452 g/mol. The fraction of sp³-hybridized carbons (Fsp3) is 0.350. The fourth-order valence-corrected chi connectivity index (χ4v) is 4.85. The Morgan fingerprint density at radius 3 is 2.07 bits per heavy atom. The lowest BCUT2D eigenvalue weighted by atomic mass is 10.2. The molecule has 2 aromatic carbocycles. The zero-order valence-corrected chi connectivity index (χ0v) is 18.8. The molecule has 0 unspecified atom stereocenters. The molecule has 0 spiro atoms. The van der Waals surface area contributed by atoms with Crippen molar-refractivity contribution < 1.29 is 22.6 Å². The lowest BCUT2D eigenvalue weighted by Crippen LogP contribution is -2.51. The molecule has 1 aliphatic heterocycles. The van der Waals surface area contributed by atoms with E-state index in [1.165, 1.54) is 4.31 Å². The van der Waals surface area contributed by atoms with Crippen molar-refractivity contribution in [3.8, 4) is 17.2 Å². The average Bonchev–Trinajstić information content (AvgIpc) is 2.79. The number of hydrogen-bond acceptors (Lipinski definition) is 6. The number of piperazine rings is 1. The van der Waals surface area contributed by atoms with E-state index < -0.39 is 10.0 Å². The van der Waals surface area contributed by atoms with Gasteiger partial charge in [0.2, 0.25) is 10.0 Å². The van der Waals surface area contributed by atoms with Gasteiger partial charge in [-0.3, -0.25) is 0 Å². The summed E-state index contributed by atoms with van der Waals surface area (Å²) in [5, 5.41) is 3.68. The predicted molar refractivity (Wildman–Crippen MR) is 119 cm³/mol. The molecule has 0 radical (unpaired) electrons. The molecule has 30 heavy (non-hydrogen) atoms. The van der Waals surface area contributed by atoms with Gasteiger partial charge in [-0.25, -0.2) is 8.42 Å². The van der Waals surface area contributed by atoms with Crippen molar-refractivity contribution in [3.05, 3.63) is 42.5 Å². The summed E-state index contributed by atoms with van der Waals surface area (Å²) in [6, 6.07) is 11.8. The summed E-state index contributed by atoms with van der Waals surface area (Å²) in [7, 11) is 1.15. The molecule has 162 valence electrons. The molecule has 1 aliphatic rings. The number of anilines is 1. The van der Waals surface area contributed by atoms with E-state index in [2.05, 4.69) is 5.32 Å². The Morgan fingerprint density at radius 2 is 1.50 bits per heavy atom. The lowest BCUT2D eigenvalue weighted by molar-refractivity contribution is 0.268. The van der Waals surface area contributed by atoms with Gasteiger partial charge in [0.25, 0.3) is 0 Å². The maximum absolute atomic E-state index is 12.9. The van der Waals surface area contributed by atoms with Gasteiger partial charge in [-0.05, 0) is 48.6 Å². The molecule has 0 amide bonds. The Labute approximate surface area is 182 Å². The van der Waals surface area contributed by atoms with Crippen molar-refractivity contribution in [1.82, 2.24) is 9.21 Å². The SMILES string of the molecule is COc1ccc(S(=O)(=O)N2CCN(C(=S)Nc3cc(OC)ccc3OC)CC2)cc1. The normalized spacial score (nSPS) is 14.8. The zero-order valence-electron chi connectivity index (χ0n) is 17.1. The largest absolute Gasteiger partial charge is 0.497 e. The number of rotatable bonds is 6. The number of nitrogens with zero attached hydrogens (tertiary/aromatic N) is 2. The first-order chi connectivity index (χ1) is 14.4. The number of ether oxygens (including phenoxy) is 3. The molecule has 3 rings (SSSR count). The first-order valence-electron chi connectivity index (χ1n) is 9.31. The van der Waals surface area contributed by atoms with Gasteiger partial charge < -0.3 is 24.4 Å². The highest BCUT2D eigenvalue weighted by molar-refractivity contribution is 7.89. The molecule has 2 aromatic rings. The second kappa shape index (κ2) is 9.50. The monoisotopic (exact) mass is 451 g/mol. The van der Waals surface area contributed by atoms with Crippen LogP contribution in [0.15, 0.2) is 47.4 Å². The van der Waals surface area contributed by atoms with E-state index in [9.17, 15) is 8.42 Å². The summed E-state index contributed by atoms with van der Waals surface area (Å²) in [6.45, 7) is 1.64. The minimum Gasteiger partial charge on any atom is -0.497 e. The number of methoxy groups -OCH3 is 3. The number of benzene rings is 2. The van der Waals surface area contributed by atoms with Gasteiger partial charge >= 0.3 is 0 Å². The molecule has 0 atom stereocenters. The molecule has 0 aromatic heterocycles. The highest BCUT2D eigenvalue weighted by Gasteiger charge is 2.29. The molecule has 1 N–H and O–H groups in total. The Bertz CT molecular complexity index is 988. The van der Waals surface area contributed by atoms with Gasteiger partial charge in [0, 0.05) is 32.2 Å². The van der Waals surface area contributed by atoms with E-state index in [4.69, 9.17) is 26.4 Å². The van der Waals surface area contributed by atoms with Crippen LogP contribution in [0.5, 0.6) is 17.2 Å². The van der Waals surface area contributed by atoms with Crippen molar-refractivity contribution in [3.63, 3.8) is 0 Å². The standard InChI is InChI=1S/C20H25N3O5S2/c1-26-15-4-7-17(8-5-15)30(24,25)23-12-10-22(11-13-23)20(29)21-18-14-16(27-2)6-9-19(18)28-3/h4-9,14H,10-13H2,1-3H3,(H,21,29). The van der Waals surface area contributed by atoms with Crippen LogP contribution in [0.3, 0.4) is 0 Å². The zero-order chi connectivity index (χ0) is 21.7. The second-order valence-electron chi connectivity index (χ2n) is 6.56. The fourth-order valence-electron chi connectivity index (χ4n) is 3.13. The van der Waals surface area contributed by atoms with Crippen LogP contribution in [0, 0.1) is 0 Å². The number of hydrogen-bond donors (Lipinski definition) is 1. The first kappa shape index (κ1) is 22.1. The highest BCUT2D eigenvalue weighted by Crippen LogP contribution is 2.29. The maximum Gasteiger partial charge on any atom is 0.243 e. The van der Waals surface area contributed by atoms with Crippen LogP contribution < -0.4 is 19.5 Å². The summed E-state index contributed by atoms with van der Waals surface area (Å²) in [4.78, 5) is 2.19. The third kappa shape index (κ3) is 4.77. The molecule has 10 heteroatoms. The highest BCUT2D eigenvalue weighted by atomic mass is 32.2. The van der Waals surface area contributed by atoms with Crippen LogP contribution in [0.2, 0.25) is 0 Å². The van der Waals surface area contributed by atoms with E-state index in [-0.39, 0.29) is 4.90 Å². The summed E-state index contributed by atoms with van der Waals surface area (Å²) in [5.41, 5.74) is 0.690. The van der Waals surface area contributed by atoms with Crippen LogP contribution >= 0.6 is 12.2 Å². The van der Waals surface area contributed by atoms with Crippen molar-refractivity contribution in [2.24, 2.45) is 0 Å². The molecule has 0 saturated carbocycles. The van der Waals surface area contributed by atoms with Gasteiger partial charge in [-0.2, -0.15) is 4.31 Å². The quantitative estimate of drug-likeness (QED) is 0.671. The number of thiocarbonyl (C=S) groups is 1. The number of sulfonamides is 1. The van der Waals surface area contributed by atoms with Crippen molar-refractivity contribution >= 4 is 33.0 Å². The van der Waals surface area contributed by atoms with Gasteiger partial charge in [0.15, 0.2) is 5.11 Å². The smallest absolute Gasteiger partial charge is 0.243 e. The van der Waals surface area contributed by atoms with E-state index in [1.807, 2.05) is 4.90 Å². The van der Waals surface area contributed by atoms with Gasteiger partial charge in [-0.15, -0.1) is 0 Å². The third-order valence-electron chi connectivity index (χ3n) is 4.87. The Hall–Kier alpha value is -2.56. The van der Waals surface area contributed by atoms with E-state index >= 15 is 0 Å². The number of nitrogens with one attached hydrogen (secondary N) is 1. The van der Waals surface area contributed by atoms with Crippen LogP contribution in [0.25, 0.3) is 0 Å². The Morgan fingerprint density at radius 1 is 0.900 bits per heavy atom. The molecular weight excluding hydrogens is 426 g/mol. The van der Waals surface area contributed by atoms with E-state index in [0.717, 1.165) is 0 Å². The van der Waals surface area contributed by atoms with Gasteiger partial charge in [-0.1, -0.05) is 0 Å². The molecule has 8 nitrogen and oxygen atoms in total. The maximum atomic E-state index is 12.9. The van der Waals surface area contributed by atoms with E-state index in [1.54, 1.807) is 63.8 Å². The summed E-state index contributed by atoms with van der Waals surface area (Å²) >= 11 is 5.53. The van der Waals surface area contributed by atoms with Gasteiger partial charge in [0.05, 0.1) is 31.9 Å². The van der Waals surface area contributed by atoms with E-state index in [0.29, 0.717) is 54.2 Å². The van der Waals surface area contributed by atoms with Crippen LogP contribution in [0.1, 0.15) is 0 Å². The van der Waals surface area contributed by atoms with Crippen molar-refractivity contribution in [1.29, 1.82) is 0 Å². The minimum atomic E-state index is -3.56. The topological polar surface area (TPSA) is 80.3 Å². The van der Waals surface area contributed by atoms with Crippen molar-refractivity contribution in [2.75, 3.05) is 52.8 Å². The lowest BCUT2D eigenvalue weighted by Gasteiger charge is -2.35. The van der Waals surface area contributed by atoms with Crippen LogP contribution in [0.4, 0.5) is 5.69 Å². The second-order valence-corrected chi connectivity index (χ2v) is 8.89. The summed E-state index contributed by atoms with van der Waals surface area (Å²) in [5.74, 6) is 1.93. The first-order valence-corrected chi connectivity index (χ1v) is 11.2. The Balaban J connectivity index is 1.64. The summed E-state index contributed by atoms with van der Waals surface area (Å²) < 4.78 is 43.0. The molecule has 0 bridgehead atoms. The van der Waals surface area contributed by atoms with Crippen molar-refractivity contribution in [2.45, 2.75) is 4.90 Å². The van der Waals surface area contributed by atoms with Gasteiger partial charge in [0.1, 0.15) is 17.2 Å². The minimum absolute atomic E-state index is 0.249. The molecular formula is C20H25N3O5S2. The van der Waals surface area contributed by atoms with Crippen LogP contribution in [-0.2, 0) is 10.0 Å². The van der Waals surface area contributed by atoms with Crippen LogP contribution in [-0.4, -0.2) is 70.2 Å². The molecule has 1 saturated heterocycles. The molecule has 1 heterocycles. The summed E-state index contributed by atoms with van der Waals surface area (Å²) in [6.07, 6.45) is 0.